The molecule has 3 heteroatoms. The Kier molecular flexibility index (Phi) is 3.59. The summed E-state index contributed by atoms with van der Waals surface area (Å²) in [5.41, 5.74) is 6.76. The van der Waals surface area contributed by atoms with Crippen LogP contribution in [0.2, 0.25) is 0 Å². The molecule has 1 heterocycles. The number of nitrogens with one attached hydrogen (secondary N) is 1. The Balaban J connectivity index is 1.91. The normalized spacial score (nSPS) is 20.5. The first-order chi connectivity index (χ1) is 7.38. The van der Waals surface area contributed by atoms with Crippen LogP contribution >= 0.6 is 0 Å². The van der Waals surface area contributed by atoms with E-state index in [4.69, 9.17) is 10.5 Å². The predicted octanol–water partition coefficient (Wildman–Crippen LogP) is 0.928. The van der Waals surface area contributed by atoms with Gasteiger partial charge in [-0.1, -0.05) is 12.1 Å². The zero-order valence-corrected chi connectivity index (χ0v) is 8.91. The molecule has 3 nitrogen and oxygen atoms in total. The van der Waals surface area contributed by atoms with Crippen molar-refractivity contribution in [3.63, 3.8) is 0 Å². The second-order valence-corrected chi connectivity index (χ2v) is 3.92. The van der Waals surface area contributed by atoms with Gasteiger partial charge in [0.2, 0.25) is 0 Å². The van der Waals surface area contributed by atoms with E-state index in [0.29, 0.717) is 12.6 Å². The maximum atomic E-state index is 5.81. The van der Waals surface area contributed by atoms with Gasteiger partial charge in [-0.05, 0) is 43.6 Å². The molecule has 1 fully saturated rings. The Morgan fingerprint density at radius 2 is 2.13 bits per heavy atom. The largest absolute Gasteiger partial charge is 0.489 e. The van der Waals surface area contributed by atoms with Crippen molar-refractivity contribution >= 4 is 0 Å². The Morgan fingerprint density at radius 3 is 2.73 bits per heavy atom. The highest BCUT2D eigenvalue weighted by Gasteiger charge is 2.15. The molecule has 0 bridgehead atoms. The number of rotatable bonds is 4. The lowest BCUT2D eigenvalue weighted by atomic mass is 10.1. The quantitative estimate of drug-likeness (QED) is 0.770. The summed E-state index contributed by atoms with van der Waals surface area (Å²) in [6.07, 6.45) is 2.38. The molecule has 1 aromatic carbocycles. The number of hydrogen-bond acceptors (Lipinski definition) is 3. The molecule has 1 aliphatic heterocycles. The van der Waals surface area contributed by atoms with Gasteiger partial charge in [-0.25, -0.2) is 0 Å². The molecule has 1 unspecified atom stereocenters. The van der Waals surface area contributed by atoms with Crippen LogP contribution in [0.1, 0.15) is 12.0 Å². The van der Waals surface area contributed by atoms with E-state index in [2.05, 4.69) is 17.4 Å². The third-order valence-electron chi connectivity index (χ3n) is 2.67. The van der Waals surface area contributed by atoms with Crippen molar-refractivity contribution in [1.29, 1.82) is 0 Å². The van der Waals surface area contributed by atoms with Crippen LogP contribution in [0.25, 0.3) is 0 Å². The van der Waals surface area contributed by atoms with E-state index in [9.17, 15) is 0 Å². The van der Waals surface area contributed by atoms with Crippen molar-refractivity contribution in [3.8, 4) is 5.75 Å². The van der Waals surface area contributed by atoms with Gasteiger partial charge in [0.15, 0.2) is 0 Å². The molecule has 0 spiro atoms. The molecular weight excluding hydrogens is 188 g/mol. The third-order valence-corrected chi connectivity index (χ3v) is 2.67. The summed E-state index contributed by atoms with van der Waals surface area (Å²) in [5, 5.41) is 3.28. The second kappa shape index (κ2) is 5.14. The second-order valence-electron chi connectivity index (χ2n) is 3.92. The van der Waals surface area contributed by atoms with Crippen molar-refractivity contribution in [2.45, 2.75) is 18.9 Å². The van der Waals surface area contributed by atoms with Crippen LogP contribution in [-0.4, -0.2) is 25.7 Å². The molecule has 0 aromatic heterocycles. The Morgan fingerprint density at radius 1 is 1.33 bits per heavy atom. The lowest BCUT2D eigenvalue weighted by molar-refractivity contribution is 0.223. The van der Waals surface area contributed by atoms with Gasteiger partial charge in [0, 0.05) is 6.54 Å². The molecular formula is C12H18N2O. The van der Waals surface area contributed by atoms with Gasteiger partial charge in [-0.15, -0.1) is 0 Å². The fourth-order valence-corrected chi connectivity index (χ4v) is 1.82. The molecule has 82 valence electrons. The minimum Gasteiger partial charge on any atom is -0.489 e. The van der Waals surface area contributed by atoms with E-state index in [1.54, 1.807) is 0 Å². The van der Waals surface area contributed by atoms with Gasteiger partial charge in [-0.2, -0.15) is 0 Å². The monoisotopic (exact) mass is 206 g/mol. The summed E-state index contributed by atoms with van der Waals surface area (Å²) in [7, 11) is 0. The van der Waals surface area contributed by atoms with Crippen LogP contribution in [0, 0.1) is 0 Å². The van der Waals surface area contributed by atoms with Crippen LogP contribution in [0.15, 0.2) is 24.3 Å². The van der Waals surface area contributed by atoms with Gasteiger partial charge in [0.25, 0.3) is 0 Å². The summed E-state index contributed by atoms with van der Waals surface area (Å²) in [6, 6.07) is 8.24. The first kappa shape index (κ1) is 10.5. The average Bonchev–Trinajstić information content (AvgIpc) is 2.74. The summed E-state index contributed by atoms with van der Waals surface area (Å²) in [5.74, 6) is 0.962. The van der Waals surface area contributed by atoms with Crippen molar-refractivity contribution in [2.75, 3.05) is 19.6 Å². The Labute approximate surface area is 90.6 Å². The van der Waals surface area contributed by atoms with Gasteiger partial charge in [-0.3, -0.25) is 0 Å². The summed E-state index contributed by atoms with van der Waals surface area (Å²) < 4.78 is 5.81. The highest BCUT2D eigenvalue weighted by atomic mass is 16.5. The average molecular weight is 206 g/mol. The van der Waals surface area contributed by atoms with E-state index in [1.807, 2.05) is 12.1 Å². The van der Waals surface area contributed by atoms with Crippen LogP contribution < -0.4 is 15.8 Å². The van der Waals surface area contributed by atoms with Crippen LogP contribution in [0.5, 0.6) is 5.75 Å². The van der Waals surface area contributed by atoms with Gasteiger partial charge in [0.05, 0.1) is 0 Å². The van der Waals surface area contributed by atoms with Crippen LogP contribution in [0.4, 0.5) is 0 Å². The van der Waals surface area contributed by atoms with Gasteiger partial charge < -0.3 is 15.8 Å². The van der Waals surface area contributed by atoms with Crippen molar-refractivity contribution < 1.29 is 4.74 Å². The molecule has 15 heavy (non-hydrogen) atoms. The van der Waals surface area contributed by atoms with Crippen LogP contribution in [-0.2, 0) is 6.42 Å². The standard InChI is InChI=1S/C12H18N2O/c13-7-5-10-1-3-11(4-2-10)15-12-6-8-14-9-12/h1-4,12,14H,5-9,13H2. The zero-order valence-electron chi connectivity index (χ0n) is 8.91. The van der Waals surface area contributed by atoms with Gasteiger partial charge in [0.1, 0.15) is 11.9 Å². The number of hydrogen-bond donors (Lipinski definition) is 2. The number of ether oxygens (including phenoxy) is 1. The molecule has 1 atom stereocenters. The summed E-state index contributed by atoms with van der Waals surface area (Å²) in [6.45, 7) is 2.73. The fraction of sp³-hybridized carbons (Fsp3) is 0.500. The highest BCUT2D eigenvalue weighted by Crippen LogP contribution is 2.16. The Bertz CT molecular complexity index is 291. The van der Waals surface area contributed by atoms with Crippen molar-refractivity contribution in [3.05, 3.63) is 29.8 Å². The lowest BCUT2D eigenvalue weighted by Crippen LogP contribution is -2.19. The van der Waals surface area contributed by atoms with E-state index >= 15 is 0 Å². The molecule has 3 N–H and O–H groups in total. The summed E-state index contributed by atoms with van der Waals surface area (Å²) in [4.78, 5) is 0. The van der Waals surface area contributed by atoms with Gasteiger partial charge >= 0.3 is 0 Å². The van der Waals surface area contributed by atoms with E-state index < -0.39 is 0 Å². The van der Waals surface area contributed by atoms with E-state index in [0.717, 1.165) is 31.7 Å². The first-order valence-corrected chi connectivity index (χ1v) is 5.55. The fourth-order valence-electron chi connectivity index (χ4n) is 1.82. The molecule has 2 rings (SSSR count). The molecule has 0 amide bonds. The maximum absolute atomic E-state index is 5.81. The van der Waals surface area contributed by atoms with E-state index in [1.165, 1.54) is 5.56 Å². The SMILES string of the molecule is NCCc1ccc(OC2CCNC2)cc1. The molecule has 0 radical (unpaired) electrons. The highest BCUT2D eigenvalue weighted by molar-refractivity contribution is 5.27. The molecule has 1 aromatic rings. The smallest absolute Gasteiger partial charge is 0.119 e. The zero-order chi connectivity index (χ0) is 10.5. The molecule has 1 aliphatic rings. The molecule has 1 saturated heterocycles. The lowest BCUT2D eigenvalue weighted by Gasteiger charge is -2.12. The van der Waals surface area contributed by atoms with Crippen LogP contribution in [0.3, 0.4) is 0 Å². The van der Waals surface area contributed by atoms with Crippen molar-refractivity contribution in [1.82, 2.24) is 5.32 Å². The third kappa shape index (κ3) is 2.94. The Hall–Kier alpha value is -1.06. The maximum Gasteiger partial charge on any atom is 0.119 e. The van der Waals surface area contributed by atoms with E-state index in [-0.39, 0.29) is 0 Å². The molecule has 0 aliphatic carbocycles. The summed E-state index contributed by atoms with van der Waals surface area (Å²) >= 11 is 0. The number of benzene rings is 1. The first-order valence-electron chi connectivity index (χ1n) is 5.55. The predicted molar refractivity (Wildman–Crippen MR) is 61.1 cm³/mol. The van der Waals surface area contributed by atoms with Crippen molar-refractivity contribution in [2.24, 2.45) is 5.73 Å². The topological polar surface area (TPSA) is 47.3 Å². The molecule has 0 saturated carbocycles. The number of nitrogens with two attached hydrogens (primary N) is 1. The minimum absolute atomic E-state index is 0.338. The minimum atomic E-state index is 0.338.